The Morgan fingerprint density at radius 3 is 2.74 bits per heavy atom. The summed E-state index contributed by atoms with van der Waals surface area (Å²) in [6.45, 7) is 0. The highest BCUT2D eigenvalue weighted by molar-refractivity contribution is 5.94. The summed E-state index contributed by atoms with van der Waals surface area (Å²) in [5.74, 6) is -0.0842. The Morgan fingerprint density at radius 2 is 2.05 bits per heavy atom. The highest BCUT2D eigenvalue weighted by Crippen LogP contribution is 2.18. The van der Waals surface area contributed by atoms with E-state index in [1.807, 2.05) is 30.3 Å². The Kier molecular flexibility index (Phi) is 3.05. The fraction of sp³-hybridized carbons (Fsp3) is 0.286. The van der Waals surface area contributed by atoms with E-state index >= 15 is 0 Å². The molecular weight excluding hydrogens is 240 g/mol. The maximum atomic E-state index is 12.0. The number of para-hydroxylation sites is 1. The van der Waals surface area contributed by atoms with Crippen LogP contribution < -0.4 is 11.1 Å². The largest absolute Gasteiger partial charge is 0.349 e. The number of nitrogens with zero attached hydrogens (tertiary/aromatic N) is 2. The zero-order valence-electron chi connectivity index (χ0n) is 10.5. The molecule has 0 spiro atoms. The minimum absolute atomic E-state index is 0.0842. The number of hydrogen-bond acceptors (Lipinski definition) is 3. The van der Waals surface area contributed by atoms with Gasteiger partial charge in [-0.1, -0.05) is 18.2 Å². The molecule has 3 N–H and O–H groups in total. The summed E-state index contributed by atoms with van der Waals surface area (Å²) in [6.07, 6.45) is 5.04. The third-order valence-corrected chi connectivity index (χ3v) is 3.38. The van der Waals surface area contributed by atoms with Gasteiger partial charge in [0.25, 0.3) is 5.91 Å². The molecule has 5 nitrogen and oxygen atoms in total. The first-order valence-corrected chi connectivity index (χ1v) is 6.39. The Labute approximate surface area is 111 Å². The topological polar surface area (TPSA) is 72.9 Å². The summed E-state index contributed by atoms with van der Waals surface area (Å²) in [4.78, 5) is 12.0. The molecular formula is C14H16N4O. The number of amides is 1. The maximum absolute atomic E-state index is 12.0. The van der Waals surface area contributed by atoms with Crippen molar-refractivity contribution in [2.24, 2.45) is 5.73 Å². The summed E-state index contributed by atoms with van der Waals surface area (Å²) in [5.41, 5.74) is 7.21. The van der Waals surface area contributed by atoms with Crippen molar-refractivity contribution in [2.45, 2.75) is 24.9 Å². The van der Waals surface area contributed by atoms with E-state index in [0.29, 0.717) is 5.56 Å². The predicted octanol–water partition coefficient (Wildman–Crippen LogP) is 1.09. The predicted molar refractivity (Wildman–Crippen MR) is 72.0 cm³/mol. The Balaban J connectivity index is 1.69. The van der Waals surface area contributed by atoms with Gasteiger partial charge in [-0.3, -0.25) is 4.79 Å². The molecule has 98 valence electrons. The summed E-state index contributed by atoms with van der Waals surface area (Å²) >= 11 is 0. The lowest BCUT2D eigenvalue weighted by Crippen LogP contribution is -2.50. The lowest BCUT2D eigenvalue weighted by Gasteiger charge is -2.32. The summed E-state index contributed by atoms with van der Waals surface area (Å²) < 4.78 is 1.70. The molecule has 0 bridgehead atoms. The van der Waals surface area contributed by atoms with Crippen molar-refractivity contribution in [3.63, 3.8) is 0 Å². The van der Waals surface area contributed by atoms with Gasteiger partial charge >= 0.3 is 0 Å². The minimum Gasteiger partial charge on any atom is -0.349 e. The number of hydrogen-bond donors (Lipinski definition) is 2. The summed E-state index contributed by atoms with van der Waals surface area (Å²) in [7, 11) is 0. The number of benzene rings is 1. The molecule has 0 radical (unpaired) electrons. The van der Waals surface area contributed by atoms with E-state index in [0.717, 1.165) is 18.5 Å². The summed E-state index contributed by atoms with van der Waals surface area (Å²) in [5, 5.41) is 7.16. The van der Waals surface area contributed by atoms with Gasteiger partial charge in [0.15, 0.2) is 0 Å². The molecule has 1 amide bonds. The van der Waals surface area contributed by atoms with Crippen LogP contribution in [-0.2, 0) is 0 Å². The van der Waals surface area contributed by atoms with Crippen LogP contribution in [0.15, 0.2) is 42.7 Å². The Morgan fingerprint density at radius 1 is 1.32 bits per heavy atom. The van der Waals surface area contributed by atoms with Gasteiger partial charge in [0.1, 0.15) is 0 Å². The van der Waals surface area contributed by atoms with Gasteiger partial charge in [0.2, 0.25) is 0 Å². The SMILES string of the molecule is NC1CC(NC(=O)c2cnn(-c3ccccc3)c2)C1. The fourth-order valence-corrected chi connectivity index (χ4v) is 2.21. The number of carbonyl (C=O) groups is 1. The molecule has 2 aromatic rings. The lowest BCUT2D eigenvalue weighted by molar-refractivity contribution is 0.0910. The van der Waals surface area contributed by atoms with Gasteiger partial charge in [-0.2, -0.15) is 5.10 Å². The molecule has 5 heteroatoms. The van der Waals surface area contributed by atoms with Gasteiger partial charge in [0.05, 0.1) is 17.4 Å². The van der Waals surface area contributed by atoms with E-state index in [4.69, 9.17) is 5.73 Å². The first-order chi connectivity index (χ1) is 9.22. The van der Waals surface area contributed by atoms with Gasteiger partial charge in [0, 0.05) is 18.3 Å². The Bertz CT molecular complexity index is 572. The highest BCUT2D eigenvalue weighted by atomic mass is 16.1. The van der Waals surface area contributed by atoms with Crippen LogP contribution in [0.1, 0.15) is 23.2 Å². The van der Waals surface area contributed by atoms with Crippen molar-refractivity contribution in [3.8, 4) is 5.69 Å². The standard InChI is InChI=1S/C14H16N4O/c15-11-6-12(7-11)17-14(19)10-8-16-18(9-10)13-4-2-1-3-5-13/h1-5,8-9,11-12H,6-7,15H2,(H,17,19). The molecule has 1 aliphatic carbocycles. The molecule has 19 heavy (non-hydrogen) atoms. The van der Waals surface area contributed by atoms with Crippen LogP contribution >= 0.6 is 0 Å². The average Bonchev–Trinajstić information content (AvgIpc) is 2.87. The second kappa shape index (κ2) is 4.85. The maximum Gasteiger partial charge on any atom is 0.254 e. The molecule has 1 aromatic heterocycles. The third-order valence-electron chi connectivity index (χ3n) is 3.38. The molecule has 1 aliphatic rings. The molecule has 0 unspecified atom stereocenters. The number of nitrogens with one attached hydrogen (secondary N) is 1. The number of rotatable bonds is 3. The average molecular weight is 256 g/mol. The van der Waals surface area contributed by atoms with Gasteiger partial charge < -0.3 is 11.1 Å². The fourth-order valence-electron chi connectivity index (χ4n) is 2.21. The normalized spacial score (nSPS) is 21.7. The van der Waals surface area contributed by atoms with Crippen LogP contribution in [0.3, 0.4) is 0 Å². The summed E-state index contributed by atoms with van der Waals surface area (Å²) in [6, 6.07) is 10.2. The molecule has 0 saturated heterocycles. The lowest BCUT2D eigenvalue weighted by atomic mass is 9.87. The van der Waals surface area contributed by atoms with Crippen molar-refractivity contribution < 1.29 is 4.79 Å². The second-order valence-corrected chi connectivity index (χ2v) is 4.91. The molecule has 1 aromatic carbocycles. The van der Waals surface area contributed by atoms with E-state index in [-0.39, 0.29) is 18.0 Å². The van der Waals surface area contributed by atoms with Crippen molar-refractivity contribution in [1.29, 1.82) is 0 Å². The number of aromatic nitrogens is 2. The van der Waals surface area contributed by atoms with Gasteiger partial charge in [-0.25, -0.2) is 4.68 Å². The van der Waals surface area contributed by atoms with Crippen molar-refractivity contribution >= 4 is 5.91 Å². The van der Waals surface area contributed by atoms with E-state index in [1.165, 1.54) is 0 Å². The van der Waals surface area contributed by atoms with Crippen molar-refractivity contribution in [1.82, 2.24) is 15.1 Å². The zero-order valence-corrected chi connectivity index (χ0v) is 10.5. The van der Waals surface area contributed by atoms with E-state index in [1.54, 1.807) is 17.1 Å². The number of carbonyl (C=O) groups excluding carboxylic acids is 1. The Hall–Kier alpha value is -2.14. The van der Waals surface area contributed by atoms with Crippen LogP contribution in [0.25, 0.3) is 5.69 Å². The first kappa shape index (κ1) is 11.9. The molecule has 3 rings (SSSR count). The highest BCUT2D eigenvalue weighted by Gasteiger charge is 2.27. The van der Waals surface area contributed by atoms with Crippen LogP contribution in [-0.4, -0.2) is 27.8 Å². The van der Waals surface area contributed by atoms with Crippen LogP contribution in [0.4, 0.5) is 0 Å². The molecule has 1 fully saturated rings. The van der Waals surface area contributed by atoms with Crippen LogP contribution in [0, 0.1) is 0 Å². The molecule has 1 saturated carbocycles. The zero-order chi connectivity index (χ0) is 13.2. The van der Waals surface area contributed by atoms with Gasteiger partial charge in [-0.05, 0) is 25.0 Å². The quantitative estimate of drug-likeness (QED) is 0.863. The second-order valence-electron chi connectivity index (χ2n) is 4.91. The van der Waals surface area contributed by atoms with E-state index in [2.05, 4.69) is 10.4 Å². The van der Waals surface area contributed by atoms with E-state index in [9.17, 15) is 4.79 Å². The van der Waals surface area contributed by atoms with Crippen LogP contribution in [0.2, 0.25) is 0 Å². The van der Waals surface area contributed by atoms with Crippen LogP contribution in [0.5, 0.6) is 0 Å². The number of nitrogens with two attached hydrogens (primary N) is 1. The molecule has 0 atom stereocenters. The van der Waals surface area contributed by atoms with Crippen molar-refractivity contribution in [3.05, 3.63) is 48.3 Å². The van der Waals surface area contributed by atoms with Gasteiger partial charge in [-0.15, -0.1) is 0 Å². The van der Waals surface area contributed by atoms with E-state index < -0.39 is 0 Å². The molecule has 1 heterocycles. The monoisotopic (exact) mass is 256 g/mol. The first-order valence-electron chi connectivity index (χ1n) is 6.39. The minimum atomic E-state index is -0.0842. The van der Waals surface area contributed by atoms with Crippen molar-refractivity contribution in [2.75, 3.05) is 0 Å². The molecule has 0 aliphatic heterocycles. The third kappa shape index (κ3) is 2.51. The smallest absolute Gasteiger partial charge is 0.254 e.